The van der Waals surface area contributed by atoms with Gasteiger partial charge in [-0.15, -0.1) is 0 Å². The summed E-state index contributed by atoms with van der Waals surface area (Å²) in [5.41, 5.74) is 0. The van der Waals surface area contributed by atoms with Gasteiger partial charge in [-0.05, 0) is 41.8 Å². The molecule has 0 spiro atoms. The van der Waals surface area contributed by atoms with Crippen LogP contribution in [0.1, 0.15) is 19.8 Å². The minimum Gasteiger partial charge on any atom is -0.466 e. The fourth-order valence-electron chi connectivity index (χ4n) is 2.14. The third kappa shape index (κ3) is 3.75. The number of esters is 1. The summed E-state index contributed by atoms with van der Waals surface area (Å²) in [7, 11) is 0. The minimum atomic E-state index is -0.214. The third-order valence-corrected chi connectivity index (χ3v) is 3.63. The first kappa shape index (κ1) is 14.9. The van der Waals surface area contributed by atoms with Crippen LogP contribution >= 0.6 is 15.9 Å². The van der Waals surface area contributed by atoms with Crippen molar-refractivity contribution in [1.82, 2.24) is 4.90 Å². The largest absolute Gasteiger partial charge is 0.466 e. The SMILES string of the molecule is CCOC(=O)C1CCN(C(=O)Nc2ccc(Br)o2)CC1. The highest BCUT2D eigenvalue weighted by Crippen LogP contribution is 2.21. The Morgan fingerprint density at radius 3 is 2.70 bits per heavy atom. The third-order valence-electron chi connectivity index (χ3n) is 3.21. The van der Waals surface area contributed by atoms with Crippen LogP contribution in [0, 0.1) is 5.92 Å². The van der Waals surface area contributed by atoms with E-state index < -0.39 is 0 Å². The Balaban J connectivity index is 1.81. The standard InChI is InChI=1S/C13H17BrN2O4/c1-2-19-12(17)9-5-7-16(8-6-9)13(18)15-11-4-3-10(14)20-11/h3-4,9H,2,5-8H2,1H3,(H,15,18). The fourth-order valence-corrected chi connectivity index (χ4v) is 2.45. The lowest BCUT2D eigenvalue weighted by Gasteiger charge is -2.30. The summed E-state index contributed by atoms with van der Waals surface area (Å²) in [6, 6.07) is 3.17. The molecule has 0 atom stereocenters. The second-order valence-corrected chi connectivity index (χ2v) is 5.33. The van der Waals surface area contributed by atoms with Crippen molar-refractivity contribution in [2.75, 3.05) is 25.0 Å². The monoisotopic (exact) mass is 344 g/mol. The summed E-state index contributed by atoms with van der Waals surface area (Å²) in [6.45, 7) is 3.27. The van der Waals surface area contributed by atoms with E-state index in [2.05, 4.69) is 21.2 Å². The van der Waals surface area contributed by atoms with Crippen molar-refractivity contribution in [2.24, 2.45) is 5.92 Å². The van der Waals surface area contributed by atoms with Crippen molar-refractivity contribution < 1.29 is 18.7 Å². The van der Waals surface area contributed by atoms with Crippen LogP contribution in [0.15, 0.2) is 21.2 Å². The van der Waals surface area contributed by atoms with E-state index in [4.69, 9.17) is 9.15 Å². The van der Waals surface area contributed by atoms with Gasteiger partial charge in [0, 0.05) is 19.2 Å². The zero-order valence-electron chi connectivity index (χ0n) is 11.2. The lowest BCUT2D eigenvalue weighted by atomic mass is 9.97. The molecule has 0 aliphatic carbocycles. The molecule has 1 N–H and O–H groups in total. The van der Waals surface area contributed by atoms with Gasteiger partial charge >= 0.3 is 12.0 Å². The van der Waals surface area contributed by atoms with Gasteiger partial charge in [-0.1, -0.05) is 0 Å². The molecule has 1 saturated heterocycles. The summed E-state index contributed by atoms with van der Waals surface area (Å²) in [6.07, 6.45) is 1.27. The average Bonchev–Trinajstić information content (AvgIpc) is 2.84. The first-order valence-corrected chi connectivity index (χ1v) is 7.37. The number of piperidine rings is 1. The number of anilines is 1. The number of halogens is 1. The van der Waals surface area contributed by atoms with Gasteiger partial charge in [0.15, 0.2) is 4.67 Å². The second-order valence-electron chi connectivity index (χ2n) is 4.55. The van der Waals surface area contributed by atoms with E-state index >= 15 is 0 Å². The number of nitrogens with zero attached hydrogens (tertiary/aromatic N) is 1. The van der Waals surface area contributed by atoms with E-state index in [0.29, 0.717) is 43.1 Å². The number of rotatable bonds is 3. The van der Waals surface area contributed by atoms with Crippen LogP contribution in [-0.2, 0) is 9.53 Å². The minimum absolute atomic E-state index is 0.100. The number of hydrogen-bond donors (Lipinski definition) is 1. The van der Waals surface area contributed by atoms with Crippen LogP contribution < -0.4 is 5.32 Å². The smallest absolute Gasteiger partial charge is 0.324 e. The number of carbonyl (C=O) groups excluding carboxylic acids is 2. The predicted molar refractivity (Wildman–Crippen MR) is 76.4 cm³/mol. The zero-order chi connectivity index (χ0) is 14.5. The molecule has 0 radical (unpaired) electrons. The Morgan fingerprint density at radius 2 is 2.15 bits per heavy atom. The molecule has 1 aromatic heterocycles. The molecule has 7 heteroatoms. The number of carbonyl (C=O) groups is 2. The molecule has 110 valence electrons. The van der Waals surface area contributed by atoms with E-state index in [1.54, 1.807) is 24.0 Å². The number of amides is 2. The van der Waals surface area contributed by atoms with Gasteiger partial charge in [0.25, 0.3) is 0 Å². The molecule has 2 heterocycles. The summed E-state index contributed by atoms with van der Waals surface area (Å²) in [4.78, 5) is 25.3. The van der Waals surface area contributed by atoms with Crippen molar-refractivity contribution in [3.8, 4) is 0 Å². The van der Waals surface area contributed by atoms with Gasteiger partial charge in [-0.25, -0.2) is 4.79 Å². The molecule has 6 nitrogen and oxygen atoms in total. The van der Waals surface area contributed by atoms with Gasteiger partial charge in [-0.3, -0.25) is 10.1 Å². The normalized spacial score (nSPS) is 16.0. The van der Waals surface area contributed by atoms with Crippen molar-refractivity contribution >= 4 is 33.8 Å². The van der Waals surface area contributed by atoms with Gasteiger partial charge in [0.1, 0.15) is 0 Å². The Labute approximate surface area is 125 Å². The maximum absolute atomic E-state index is 12.0. The van der Waals surface area contributed by atoms with Gasteiger partial charge in [0.2, 0.25) is 5.88 Å². The number of urea groups is 1. The number of furan rings is 1. The quantitative estimate of drug-likeness (QED) is 0.855. The summed E-state index contributed by atoms with van der Waals surface area (Å²) in [5.74, 6) is 0.133. The molecule has 1 aliphatic heterocycles. The second kappa shape index (κ2) is 6.78. The van der Waals surface area contributed by atoms with Crippen LogP contribution in [0.3, 0.4) is 0 Å². The average molecular weight is 345 g/mol. The van der Waals surface area contributed by atoms with E-state index in [-0.39, 0.29) is 17.9 Å². The van der Waals surface area contributed by atoms with Gasteiger partial charge in [-0.2, -0.15) is 0 Å². The topological polar surface area (TPSA) is 71.8 Å². The molecule has 1 aliphatic rings. The van der Waals surface area contributed by atoms with Gasteiger partial charge < -0.3 is 14.1 Å². The number of hydrogen-bond acceptors (Lipinski definition) is 4. The lowest BCUT2D eigenvalue weighted by molar-refractivity contribution is -0.149. The molecule has 2 rings (SSSR count). The highest BCUT2D eigenvalue weighted by Gasteiger charge is 2.28. The van der Waals surface area contributed by atoms with Crippen LogP contribution in [-0.4, -0.2) is 36.6 Å². The molecule has 0 unspecified atom stereocenters. The van der Waals surface area contributed by atoms with Crippen LogP contribution in [0.5, 0.6) is 0 Å². The summed E-state index contributed by atoms with van der Waals surface area (Å²) >= 11 is 3.17. The molecule has 0 aromatic carbocycles. The Hall–Kier alpha value is -1.50. The Bertz CT molecular complexity index is 480. The molecule has 1 aromatic rings. The van der Waals surface area contributed by atoms with E-state index in [9.17, 15) is 9.59 Å². The van der Waals surface area contributed by atoms with Crippen molar-refractivity contribution in [1.29, 1.82) is 0 Å². The van der Waals surface area contributed by atoms with Crippen LogP contribution in [0.2, 0.25) is 0 Å². The Morgan fingerprint density at radius 1 is 1.45 bits per heavy atom. The summed E-state index contributed by atoms with van der Waals surface area (Å²) < 4.78 is 10.8. The molecule has 2 amide bonds. The maximum atomic E-state index is 12.0. The van der Waals surface area contributed by atoms with Crippen molar-refractivity contribution in [3.05, 3.63) is 16.8 Å². The molecule has 0 saturated carbocycles. The van der Waals surface area contributed by atoms with E-state index in [1.807, 2.05) is 0 Å². The molecular formula is C13H17BrN2O4. The highest BCUT2D eigenvalue weighted by atomic mass is 79.9. The lowest BCUT2D eigenvalue weighted by Crippen LogP contribution is -2.42. The molecule has 0 bridgehead atoms. The predicted octanol–water partition coefficient (Wildman–Crippen LogP) is 2.85. The molecular weight excluding hydrogens is 328 g/mol. The fraction of sp³-hybridized carbons (Fsp3) is 0.538. The molecule has 20 heavy (non-hydrogen) atoms. The zero-order valence-corrected chi connectivity index (χ0v) is 12.8. The summed E-state index contributed by atoms with van der Waals surface area (Å²) in [5, 5.41) is 2.68. The highest BCUT2D eigenvalue weighted by molar-refractivity contribution is 9.10. The van der Waals surface area contributed by atoms with Crippen molar-refractivity contribution in [2.45, 2.75) is 19.8 Å². The van der Waals surface area contributed by atoms with Crippen molar-refractivity contribution in [3.63, 3.8) is 0 Å². The Kier molecular flexibility index (Phi) is 5.05. The first-order chi connectivity index (χ1) is 9.60. The van der Waals surface area contributed by atoms with Crippen LogP contribution in [0.25, 0.3) is 0 Å². The van der Waals surface area contributed by atoms with Gasteiger partial charge in [0.05, 0.1) is 12.5 Å². The number of likely N-dealkylation sites (tertiary alicyclic amines) is 1. The van der Waals surface area contributed by atoms with E-state index in [0.717, 1.165) is 0 Å². The molecule has 1 fully saturated rings. The number of nitrogens with one attached hydrogen (secondary N) is 1. The first-order valence-electron chi connectivity index (χ1n) is 6.58. The van der Waals surface area contributed by atoms with Crippen LogP contribution in [0.4, 0.5) is 10.7 Å². The maximum Gasteiger partial charge on any atom is 0.324 e. The number of ether oxygens (including phenoxy) is 1. The van der Waals surface area contributed by atoms with E-state index in [1.165, 1.54) is 0 Å².